The summed E-state index contributed by atoms with van der Waals surface area (Å²) in [5.41, 5.74) is 2.65. The normalized spacial score (nSPS) is 20.5. The summed E-state index contributed by atoms with van der Waals surface area (Å²) in [7, 11) is 0. The summed E-state index contributed by atoms with van der Waals surface area (Å²) in [6.45, 7) is 1.64. The summed E-state index contributed by atoms with van der Waals surface area (Å²) >= 11 is 3.66. The zero-order valence-electron chi connectivity index (χ0n) is 14.7. The number of halogens is 2. The molecule has 140 valence electrons. The second-order valence-electron chi connectivity index (χ2n) is 7.43. The van der Waals surface area contributed by atoms with Gasteiger partial charge in [-0.25, -0.2) is 4.98 Å². The van der Waals surface area contributed by atoms with E-state index in [1.165, 1.54) is 0 Å². The third-order valence-electron chi connectivity index (χ3n) is 5.42. The van der Waals surface area contributed by atoms with Crippen LogP contribution in [0.5, 0.6) is 0 Å². The number of nitrogens with one attached hydrogen (secondary N) is 2. The molecule has 0 unspecified atom stereocenters. The minimum absolute atomic E-state index is 0.0938. The number of nitrogens with zero attached hydrogens (tertiary/aromatic N) is 2. The summed E-state index contributed by atoms with van der Waals surface area (Å²) in [4.78, 5) is 22.3. The Morgan fingerprint density at radius 2 is 2.27 bits per heavy atom. The molecule has 2 N–H and O–H groups in total. The summed E-state index contributed by atoms with van der Waals surface area (Å²) in [5.74, 6) is 0.762. The number of carbonyl (C=O) groups excluding carboxylic acids is 1. The average Bonchev–Trinajstić information content (AvgIpc) is 3.43. The Kier molecular flexibility index (Phi) is 5.16. The summed E-state index contributed by atoms with van der Waals surface area (Å²) in [6.07, 6.45) is 9.42. The topological polar surface area (TPSA) is 61.0 Å². The molecular formula is C19H24BrFN4O. The largest absolute Gasteiger partial charge is 0.370 e. The molecule has 2 fully saturated rings. The first kappa shape index (κ1) is 17.8. The van der Waals surface area contributed by atoms with Gasteiger partial charge >= 0.3 is 0 Å². The van der Waals surface area contributed by atoms with Crippen LogP contribution in [0.2, 0.25) is 0 Å². The number of hydrogen-bond donors (Lipinski definition) is 2. The number of anilines is 2. The van der Waals surface area contributed by atoms with Crippen LogP contribution >= 0.6 is 15.9 Å². The molecule has 1 aliphatic carbocycles. The van der Waals surface area contributed by atoms with Gasteiger partial charge in [-0.15, -0.1) is 0 Å². The van der Waals surface area contributed by atoms with Crippen LogP contribution in [0, 0.1) is 11.8 Å². The highest BCUT2D eigenvalue weighted by molar-refractivity contribution is 9.10. The van der Waals surface area contributed by atoms with Crippen molar-refractivity contribution < 1.29 is 9.18 Å². The highest BCUT2D eigenvalue weighted by Crippen LogP contribution is 2.40. The van der Waals surface area contributed by atoms with Crippen LogP contribution in [0.15, 0.2) is 16.9 Å². The first-order valence-corrected chi connectivity index (χ1v) is 10.2. The van der Waals surface area contributed by atoms with Gasteiger partial charge < -0.3 is 15.2 Å². The number of amides is 1. The molecule has 1 saturated heterocycles. The second kappa shape index (κ2) is 7.55. The van der Waals surface area contributed by atoms with Gasteiger partial charge in [0.05, 0.1) is 27.9 Å². The highest BCUT2D eigenvalue weighted by atomic mass is 79.9. The molecule has 0 spiro atoms. The van der Waals surface area contributed by atoms with E-state index in [1.807, 2.05) is 12.4 Å². The van der Waals surface area contributed by atoms with Crippen molar-refractivity contribution in [1.29, 1.82) is 0 Å². The van der Waals surface area contributed by atoms with E-state index in [1.54, 1.807) is 0 Å². The molecule has 2 aromatic rings. The van der Waals surface area contributed by atoms with Crippen molar-refractivity contribution in [2.75, 3.05) is 30.0 Å². The van der Waals surface area contributed by atoms with Crippen LogP contribution in [0.25, 0.3) is 11.0 Å². The van der Waals surface area contributed by atoms with Crippen LogP contribution in [0.3, 0.4) is 0 Å². The van der Waals surface area contributed by atoms with Crippen molar-refractivity contribution in [2.45, 2.75) is 38.5 Å². The Labute approximate surface area is 160 Å². The first-order chi connectivity index (χ1) is 12.7. The quantitative estimate of drug-likeness (QED) is 0.712. The van der Waals surface area contributed by atoms with E-state index < -0.39 is 0 Å². The molecule has 0 aromatic carbocycles. The minimum atomic E-state index is -0.241. The van der Waals surface area contributed by atoms with E-state index in [-0.39, 0.29) is 18.5 Å². The third-order valence-corrected chi connectivity index (χ3v) is 6.00. The van der Waals surface area contributed by atoms with Crippen LogP contribution in [-0.2, 0) is 4.79 Å². The number of alkyl halides is 1. The Morgan fingerprint density at radius 1 is 1.42 bits per heavy atom. The zero-order valence-corrected chi connectivity index (χ0v) is 16.3. The number of rotatable bonds is 6. The number of pyridine rings is 1. The van der Waals surface area contributed by atoms with Crippen molar-refractivity contribution in [3.8, 4) is 0 Å². The van der Waals surface area contributed by atoms with Crippen LogP contribution < -0.4 is 10.2 Å². The van der Waals surface area contributed by atoms with E-state index in [0.29, 0.717) is 12.3 Å². The van der Waals surface area contributed by atoms with Gasteiger partial charge in [0.25, 0.3) is 0 Å². The summed E-state index contributed by atoms with van der Waals surface area (Å²) in [6, 6.07) is 0. The van der Waals surface area contributed by atoms with Crippen molar-refractivity contribution in [3.63, 3.8) is 0 Å². The van der Waals surface area contributed by atoms with Gasteiger partial charge in [0, 0.05) is 31.4 Å². The molecule has 2 aromatic heterocycles. The fourth-order valence-electron chi connectivity index (χ4n) is 3.91. The van der Waals surface area contributed by atoms with Gasteiger partial charge in [0.1, 0.15) is 5.65 Å². The maximum atomic E-state index is 12.6. The molecule has 7 heteroatoms. The maximum Gasteiger partial charge on any atom is 0.227 e. The number of fused-ring (bicyclic) bond motifs is 1. The fraction of sp³-hybridized carbons (Fsp3) is 0.579. The molecule has 1 atom stereocenters. The average molecular weight is 423 g/mol. The van der Waals surface area contributed by atoms with Gasteiger partial charge in [0.2, 0.25) is 5.91 Å². The van der Waals surface area contributed by atoms with E-state index in [0.717, 1.165) is 72.1 Å². The molecule has 26 heavy (non-hydrogen) atoms. The predicted molar refractivity (Wildman–Crippen MR) is 105 cm³/mol. The molecule has 2 aliphatic rings. The van der Waals surface area contributed by atoms with E-state index in [9.17, 15) is 9.18 Å². The van der Waals surface area contributed by atoms with Gasteiger partial charge in [0.15, 0.2) is 0 Å². The van der Waals surface area contributed by atoms with Gasteiger partial charge in [-0.3, -0.25) is 9.18 Å². The Hall–Kier alpha value is -1.63. The second-order valence-corrected chi connectivity index (χ2v) is 8.28. The lowest BCUT2D eigenvalue weighted by Gasteiger charge is -2.35. The molecule has 5 nitrogen and oxygen atoms in total. The molecule has 1 saturated carbocycles. The summed E-state index contributed by atoms with van der Waals surface area (Å²) < 4.78 is 13.5. The van der Waals surface area contributed by atoms with Gasteiger partial charge in [-0.05, 0) is 60.4 Å². The lowest BCUT2D eigenvalue weighted by Crippen LogP contribution is -2.36. The number of piperidine rings is 1. The minimum Gasteiger partial charge on any atom is -0.370 e. The fourth-order valence-corrected chi connectivity index (χ4v) is 4.46. The van der Waals surface area contributed by atoms with Crippen molar-refractivity contribution in [3.05, 3.63) is 16.9 Å². The Balaban J connectivity index is 1.65. The number of hydrogen-bond acceptors (Lipinski definition) is 3. The van der Waals surface area contributed by atoms with Crippen LogP contribution in [0.4, 0.5) is 15.8 Å². The number of H-pyrrole nitrogens is 1. The van der Waals surface area contributed by atoms with Crippen molar-refractivity contribution in [1.82, 2.24) is 9.97 Å². The van der Waals surface area contributed by atoms with Gasteiger partial charge in [-0.1, -0.05) is 0 Å². The third kappa shape index (κ3) is 3.59. The van der Waals surface area contributed by atoms with E-state index in [2.05, 4.69) is 36.1 Å². The molecule has 3 heterocycles. The molecular weight excluding hydrogens is 399 g/mol. The standard InChI is InChI=1S/C19H24BrFN4O/c20-14-9-22-18-16(15(10-23-18)24-19(26)13-5-6-13)17(14)25-8-2-4-12(11-25)3-1-7-21/h9-10,12-13H,1-8,11H2,(H,22,23)(H,24,26)/t12-/m1/s1. The maximum absolute atomic E-state index is 12.6. The molecule has 1 aliphatic heterocycles. The molecule has 4 rings (SSSR count). The predicted octanol–water partition coefficient (Wildman–Crippen LogP) is 4.64. The Morgan fingerprint density at radius 3 is 3.04 bits per heavy atom. The van der Waals surface area contributed by atoms with Crippen LogP contribution in [-0.4, -0.2) is 35.6 Å². The highest BCUT2D eigenvalue weighted by Gasteiger charge is 2.31. The number of carbonyl (C=O) groups is 1. The molecule has 0 bridgehead atoms. The smallest absolute Gasteiger partial charge is 0.227 e. The monoisotopic (exact) mass is 422 g/mol. The van der Waals surface area contributed by atoms with Crippen molar-refractivity contribution >= 4 is 44.2 Å². The van der Waals surface area contributed by atoms with Gasteiger partial charge in [-0.2, -0.15) is 0 Å². The Bertz CT molecular complexity index is 804. The zero-order chi connectivity index (χ0) is 18.1. The lowest BCUT2D eigenvalue weighted by atomic mass is 9.93. The number of aromatic nitrogens is 2. The molecule has 1 amide bonds. The summed E-state index contributed by atoms with van der Waals surface area (Å²) in [5, 5.41) is 4.03. The molecule has 0 radical (unpaired) electrons. The van der Waals surface area contributed by atoms with E-state index >= 15 is 0 Å². The lowest BCUT2D eigenvalue weighted by molar-refractivity contribution is -0.117. The number of aromatic amines is 1. The van der Waals surface area contributed by atoms with Crippen LogP contribution in [0.1, 0.15) is 38.5 Å². The SMILES string of the molecule is O=C(Nc1c[nH]c2ncc(Br)c(N3CCC[C@@H](CCCF)C3)c12)C1CC1. The van der Waals surface area contributed by atoms with E-state index in [4.69, 9.17) is 0 Å². The van der Waals surface area contributed by atoms with Crippen molar-refractivity contribution in [2.24, 2.45) is 11.8 Å². The first-order valence-electron chi connectivity index (χ1n) is 9.44.